The van der Waals surface area contributed by atoms with E-state index in [1.807, 2.05) is 30.8 Å². The van der Waals surface area contributed by atoms with Crippen molar-refractivity contribution in [1.29, 1.82) is 0 Å². The van der Waals surface area contributed by atoms with E-state index in [0.29, 0.717) is 5.75 Å². The molecule has 24 heavy (non-hydrogen) atoms. The molecule has 8 heteroatoms. The molecule has 0 heterocycles. The number of carbonyl (C=O) groups excluding carboxylic acids is 1. The number of aryl methyl sites for hydroxylation is 2. The van der Waals surface area contributed by atoms with E-state index < -0.39 is 15.9 Å². The standard InChI is InChI=1S/C16H17ClN2O4S/c1-11-7-8-12(2)14(9-11)23-10-16(20)18-19-24(21,22)15-6-4-3-5-13(15)17/h3-9,19H,10H2,1-2H3,(H,18,20). The van der Waals surface area contributed by atoms with Crippen LogP contribution in [0.25, 0.3) is 0 Å². The van der Waals surface area contributed by atoms with E-state index in [9.17, 15) is 13.2 Å². The maximum Gasteiger partial charge on any atom is 0.272 e. The van der Waals surface area contributed by atoms with Gasteiger partial charge < -0.3 is 4.74 Å². The highest BCUT2D eigenvalue weighted by atomic mass is 35.5. The van der Waals surface area contributed by atoms with E-state index in [1.165, 1.54) is 18.2 Å². The van der Waals surface area contributed by atoms with Crippen LogP contribution in [0.15, 0.2) is 47.4 Å². The van der Waals surface area contributed by atoms with E-state index in [4.69, 9.17) is 16.3 Å². The van der Waals surface area contributed by atoms with Crippen molar-refractivity contribution in [2.24, 2.45) is 0 Å². The Morgan fingerprint density at radius 2 is 1.88 bits per heavy atom. The number of benzene rings is 2. The van der Waals surface area contributed by atoms with E-state index in [0.717, 1.165) is 11.1 Å². The van der Waals surface area contributed by atoms with Crippen molar-refractivity contribution >= 4 is 27.5 Å². The Bertz CT molecular complexity index is 853. The molecular weight excluding hydrogens is 352 g/mol. The molecule has 0 aliphatic rings. The Balaban J connectivity index is 1.94. The highest BCUT2D eigenvalue weighted by Gasteiger charge is 2.18. The molecule has 6 nitrogen and oxygen atoms in total. The first-order valence-electron chi connectivity index (χ1n) is 7.05. The van der Waals surface area contributed by atoms with Crippen LogP contribution in [0, 0.1) is 13.8 Å². The molecule has 1 amide bonds. The maximum absolute atomic E-state index is 12.1. The minimum Gasteiger partial charge on any atom is -0.483 e. The molecule has 0 saturated heterocycles. The van der Waals surface area contributed by atoms with Crippen LogP contribution in [-0.2, 0) is 14.8 Å². The number of ether oxygens (including phenoxy) is 1. The monoisotopic (exact) mass is 368 g/mol. The zero-order valence-corrected chi connectivity index (χ0v) is 14.7. The maximum atomic E-state index is 12.1. The van der Waals surface area contributed by atoms with Crippen LogP contribution < -0.4 is 15.0 Å². The van der Waals surface area contributed by atoms with E-state index >= 15 is 0 Å². The first-order chi connectivity index (χ1) is 11.3. The average molecular weight is 369 g/mol. The number of hydrogen-bond donors (Lipinski definition) is 2. The quantitative estimate of drug-likeness (QED) is 0.766. The Morgan fingerprint density at radius 1 is 1.17 bits per heavy atom. The fourth-order valence-electron chi connectivity index (χ4n) is 1.88. The zero-order valence-electron chi connectivity index (χ0n) is 13.2. The summed E-state index contributed by atoms with van der Waals surface area (Å²) in [6.07, 6.45) is 0. The van der Waals surface area contributed by atoms with Gasteiger partial charge in [0.15, 0.2) is 6.61 Å². The summed E-state index contributed by atoms with van der Waals surface area (Å²) in [5, 5.41) is 0.0610. The van der Waals surface area contributed by atoms with E-state index in [2.05, 4.69) is 5.43 Å². The summed E-state index contributed by atoms with van der Waals surface area (Å²) >= 11 is 5.84. The third-order valence-electron chi connectivity index (χ3n) is 3.15. The lowest BCUT2D eigenvalue weighted by molar-refractivity contribution is -0.123. The second-order valence-electron chi connectivity index (χ2n) is 5.14. The number of hydrazine groups is 1. The third-order valence-corrected chi connectivity index (χ3v) is 4.90. The molecule has 2 rings (SSSR count). The molecule has 0 radical (unpaired) electrons. The Morgan fingerprint density at radius 3 is 2.58 bits per heavy atom. The summed E-state index contributed by atoms with van der Waals surface area (Å²) in [4.78, 5) is 13.6. The minimum atomic E-state index is -3.95. The van der Waals surface area contributed by atoms with Gasteiger partial charge >= 0.3 is 0 Å². The summed E-state index contributed by atoms with van der Waals surface area (Å²) < 4.78 is 29.6. The number of halogens is 1. The minimum absolute atomic E-state index is 0.0610. The summed E-state index contributed by atoms with van der Waals surface area (Å²) in [6.45, 7) is 3.44. The molecule has 0 bridgehead atoms. The number of rotatable bonds is 6. The fourth-order valence-corrected chi connectivity index (χ4v) is 3.27. The first kappa shape index (κ1) is 18.3. The Hall–Kier alpha value is -2.09. The average Bonchev–Trinajstić information content (AvgIpc) is 2.54. The third kappa shape index (κ3) is 4.70. The van der Waals surface area contributed by atoms with Gasteiger partial charge in [-0.15, -0.1) is 4.83 Å². The van der Waals surface area contributed by atoms with Crippen LogP contribution in [-0.4, -0.2) is 20.9 Å². The summed E-state index contributed by atoms with van der Waals surface area (Å²) in [5.41, 5.74) is 3.97. The molecule has 0 fully saturated rings. The summed E-state index contributed by atoms with van der Waals surface area (Å²) in [5.74, 6) is -0.0642. The summed E-state index contributed by atoms with van der Waals surface area (Å²) in [7, 11) is -3.95. The predicted molar refractivity (Wildman–Crippen MR) is 91.3 cm³/mol. The molecule has 0 aromatic heterocycles. The highest BCUT2D eigenvalue weighted by molar-refractivity contribution is 7.89. The number of sulfonamides is 1. The number of hydrogen-bond acceptors (Lipinski definition) is 4. The van der Waals surface area contributed by atoms with Gasteiger partial charge in [-0.2, -0.15) is 0 Å². The van der Waals surface area contributed by atoms with Crippen molar-refractivity contribution in [1.82, 2.24) is 10.3 Å². The zero-order chi connectivity index (χ0) is 17.7. The van der Waals surface area contributed by atoms with E-state index in [-0.39, 0.29) is 16.5 Å². The topological polar surface area (TPSA) is 84.5 Å². The molecular formula is C16H17ClN2O4S. The smallest absolute Gasteiger partial charge is 0.272 e. The molecule has 128 valence electrons. The summed E-state index contributed by atoms with van der Waals surface area (Å²) in [6, 6.07) is 11.5. The van der Waals surface area contributed by atoms with Crippen LogP contribution in [0.2, 0.25) is 5.02 Å². The lowest BCUT2D eigenvalue weighted by Gasteiger charge is -2.11. The predicted octanol–water partition coefficient (Wildman–Crippen LogP) is 2.35. The molecule has 0 atom stereocenters. The van der Waals surface area contributed by atoms with Crippen LogP contribution >= 0.6 is 11.6 Å². The first-order valence-corrected chi connectivity index (χ1v) is 8.91. The lowest BCUT2D eigenvalue weighted by Crippen LogP contribution is -2.43. The molecule has 0 aliphatic heterocycles. The normalized spacial score (nSPS) is 11.1. The molecule has 0 spiro atoms. The van der Waals surface area contributed by atoms with Crippen molar-refractivity contribution in [2.45, 2.75) is 18.7 Å². The number of carbonyl (C=O) groups is 1. The number of amides is 1. The number of nitrogens with one attached hydrogen (secondary N) is 2. The van der Waals surface area contributed by atoms with Gasteiger partial charge in [0.25, 0.3) is 15.9 Å². The molecule has 2 aromatic rings. The van der Waals surface area contributed by atoms with Crippen LogP contribution in [0.4, 0.5) is 0 Å². The van der Waals surface area contributed by atoms with E-state index in [1.54, 1.807) is 12.1 Å². The van der Waals surface area contributed by atoms with Crippen molar-refractivity contribution in [2.75, 3.05) is 6.61 Å². The van der Waals surface area contributed by atoms with Crippen molar-refractivity contribution in [3.8, 4) is 5.75 Å². The van der Waals surface area contributed by atoms with Crippen LogP contribution in [0.5, 0.6) is 5.75 Å². The van der Waals surface area contributed by atoms with Gasteiger partial charge in [0.1, 0.15) is 10.6 Å². The lowest BCUT2D eigenvalue weighted by atomic mass is 10.1. The van der Waals surface area contributed by atoms with Crippen LogP contribution in [0.3, 0.4) is 0 Å². The second kappa shape index (κ2) is 7.65. The van der Waals surface area contributed by atoms with Gasteiger partial charge in [-0.05, 0) is 43.2 Å². The van der Waals surface area contributed by atoms with Crippen molar-refractivity contribution in [3.63, 3.8) is 0 Å². The van der Waals surface area contributed by atoms with Gasteiger partial charge in [-0.3, -0.25) is 10.2 Å². The molecule has 2 aromatic carbocycles. The molecule has 0 aliphatic carbocycles. The van der Waals surface area contributed by atoms with Gasteiger partial charge in [-0.25, -0.2) is 8.42 Å². The van der Waals surface area contributed by atoms with Gasteiger partial charge in [-0.1, -0.05) is 35.9 Å². The van der Waals surface area contributed by atoms with Gasteiger partial charge in [0.05, 0.1) is 5.02 Å². The molecule has 2 N–H and O–H groups in total. The van der Waals surface area contributed by atoms with Crippen molar-refractivity contribution < 1.29 is 17.9 Å². The Labute approximate surface area is 145 Å². The van der Waals surface area contributed by atoms with Crippen LogP contribution in [0.1, 0.15) is 11.1 Å². The molecule has 0 unspecified atom stereocenters. The Kier molecular flexibility index (Phi) is 5.82. The highest BCUT2D eigenvalue weighted by Crippen LogP contribution is 2.20. The fraction of sp³-hybridized carbons (Fsp3) is 0.188. The van der Waals surface area contributed by atoms with Gasteiger partial charge in [0.2, 0.25) is 0 Å². The second-order valence-corrected chi connectivity index (χ2v) is 7.20. The van der Waals surface area contributed by atoms with Gasteiger partial charge in [0, 0.05) is 0 Å². The largest absolute Gasteiger partial charge is 0.483 e. The van der Waals surface area contributed by atoms with Crippen molar-refractivity contribution in [3.05, 3.63) is 58.6 Å². The SMILES string of the molecule is Cc1ccc(C)c(OCC(=O)NNS(=O)(=O)c2ccccc2Cl)c1. The molecule has 0 saturated carbocycles.